The van der Waals surface area contributed by atoms with E-state index in [-0.39, 0.29) is 24.3 Å². The lowest BCUT2D eigenvalue weighted by molar-refractivity contribution is -0.119. The van der Waals surface area contributed by atoms with Crippen molar-refractivity contribution in [2.75, 3.05) is 6.54 Å². The molecule has 0 saturated heterocycles. The van der Waals surface area contributed by atoms with Crippen LogP contribution < -0.4 is 5.73 Å². The highest BCUT2D eigenvalue weighted by molar-refractivity contribution is 6.00. The van der Waals surface area contributed by atoms with E-state index in [0.29, 0.717) is 22.2 Å². The number of nitrogens with two attached hydrogens (primary N) is 1. The predicted molar refractivity (Wildman–Crippen MR) is 88.9 cm³/mol. The molecule has 1 aliphatic rings. The van der Waals surface area contributed by atoms with Gasteiger partial charge in [-0.1, -0.05) is 12.8 Å². The first kappa shape index (κ1) is 16.4. The molecule has 2 N–H and O–H groups in total. The summed E-state index contributed by atoms with van der Waals surface area (Å²) in [6.07, 6.45) is 3.84. The zero-order valence-electron chi connectivity index (χ0n) is 13.6. The van der Waals surface area contributed by atoms with Gasteiger partial charge in [0.2, 0.25) is 5.91 Å². The van der Waals surface area contributed by atoms with Gasteiger partial charge in [0.25, 0.3) is 5.91 Å². The van der Waals surface area contributed by atoms with E-state index < -0.39 is 5.91 Å². The average Bonchev–Trinajstić information content (AvgIpc) is 3.05. The van der Waals surface area contributed by atoms with Crippen LogP contribution in [0.2, 0.25) is 0 Å². The summed E-state index contributed by atoms with van der Waals surface area (Å²) in [6, 6.07) is 6.03. The fourth-order valence-corrected chi connectivity index (χ4v) is 3.36. The predicted octanol–water partition coefficient (Wildman–Crippen LogP) is 2.55. The molecule has 24 heavy (non-hydrogen) atoms. The van der Waals surface area contributed by atoms with Gasteiger partial charge in [0.15, 0.2) is 0 Å². The van der Waals surface area contributed by atoms with Crippen molar-refractivity contribution in [3.8, 4) is 0 Å². The van der Waals surface area contributed by atoms with Gasteiger partial charge in [-0.2, -0.15) is 0 Å². The van der Waals surface area contributed by atoms with Gasteiger partial charge in [-0.3, -0.25) is 14.6 Å². The number of nitrogens with zero attached hydrogens (tertiary/aromatic N) is 2. The number of halogens is 1. The number of benzene rings is 1. The number of pyridine rings is 1. The maximum atomic E-state index is 13.3. The third-order valence-corrected chi connectivity index (χ3v) is 4.55. The summed E-state index contributed by atoms with van der Waals surface area (Å²) in [6.45, 7) is 1.62. The number of aryl methyl sites for hydroxylation is 1. The van der Waals surface area contributed by atoms with Crippen LogP contribution in [0, 0.1) is 12.7 Å². The van der Waals surface area contributed by atoms with Crippen LogP contribution in [0.15, 0.2) is 24.3 Å². The number of primary amides is 1. The minimum atomic E-state index is -0.524. The number of aromatic nitrogens is 1. The Kier molecular flexibility index (Phi) is 4.46. The van der Waals surface area contributed by atoms with E-state index in [1.807, 2.05) is 0 Å². The number of hydrogen-bond acceptors (Lipinski definition) is 3. The van der Waals surface area contributed by atoms with Crippen LogP contribution in [0.1, 0.15) is 41.7 Å². The molecule has 1 fully saturated rings. The molecule has 1 aliphatic carbocycles. The van der Waals surface area contributed by atoms with Crippen molar-refractivity contribution in [1.82, 2.24) is 9.88 Å². The fourth-order valence-electron chi connectivity index (χ4n) is 3.36. The van der Waals surface area contributed by atoms with Gasteiger partial charge in [-0.05, 0) is 38.0 Å². The largest absolute Gasteiger partial charge is 0.368 e. The van der Waals surface area contributed by atoms with Crippen LogP contribution in [-0.2, 0) is 4.79 Å². The van der Waals surface area contributed by atoms with Crippen LogP contribution in [0.3, 0.4) is 0 Å². The van der Waals surface area contributed by atoms with Crippen molar-refractivity contribution in [2.24, 2.45) is 5.73 Å². The number of amides is 2. The maximum absolute atomic E-state index is 13.3. The highest BCUT2D eigenvalue weighted by Gasteiger charge is 2.29. The van der Waals surface area contributed by atoms with Gasteiger partial charge >= 0.3 is 0 Å². The monoisotopic (exact) mass is 329 g/mol. The van der Waals surface area contributed by atoms with E-state index in [1.54, 1.807) is 24.0 Å². The van der Waals surface area contributed by atoms with Crippen molar-refractivity contribution in [3.63, 3.8) is 0 Å². The Balaban J connectivity index is 1.99. The first-order valence-electron chi connectivity index (χ1n) is 8.12. The zero-order chi connectivity index (χ0) is 17.3. The Labute approximate surface area is 139 Å². The van der Waals surface area contributed by atoms with E-state index in [2.05, 4.69) is 4.98 Å². The Morgan fingerprint density at radius 2 is 2.00 bits per heavy atom. The second-order valence-corrected chi connectivity index (χ2v) is 6.30. The molecule has 0 unspecified atom stereocenters. The number of fused-ring (bicyclic) bond motifs is 1. The van der Waals surface area contributed by atoms with Crippen molar-refractivity contribution < 1.29 is 14.0 Å². The van der Waals surface area contributed by atoms with E-state index in [0.717, 1.165) is 25.7 Å². The minimum Gasteiger partial charge on any atom is -0.368 e. The average molecular weight is 329 g/mol. The Morgan fingerprint density at radius 3 is 2.67 bits per heavy atom. The molecule has 0 aliphatic heterocycles. The van der Waals surface area contributed by atoms with Crippen LogP contribution >= 0.6 is 0 Å². The number of carbonyl (C=O) groups is 2. The second-order valence-electron chi connectivity index (χ2n) is 6.30. The summed E-state index contributed by atoms with van der Waals surface area (Å²) in [4.78, 5) is 30.3. The van der Waals surface area contributed by atoms with Crippen LogP contribution in [0.5, 0.6) is 0 Å². The normalized spacial score (nSPS) is 14.9. The quantitative estimate of drug-likeness (QED) is 0.936. The van der Waals surface area contributed by atoms with Crippen molar-refractivity contribution in [3.05, 3.63) is 41.3 Å². The third kappa shape index (κ3) is 3.22. The lowest BCUT2D eigenvalue weighted by atomic mass is 10.1. The molecule has 0 bridgehead atoms. The summed E-state index contributed by atoms with van der Waals surface area (Å²) >= 11 is 0. The van der Waals surface area contributed by atoms with Gasteiger partial charge in [0, 0.05) is 17.5 Å². The van der Waals surface area contributed by atoms with Crippen molar-refractivity contribution in [1.29, 1.82) is 0 Å². The molecule has 2 aromatic rings. The van der Waals surface area contributed by atoms with Crippen LogP contribution in [-0.4, -0.2) is 34.3 Å². The summed E-state index contributed by atoms with van der Waals surface area (Å²) in [5.41, 5.74) is 6.79. The summed E-state index contributed by atoms with van der Waals surface area (Å²) < 4.78 is 13.3. The molecule has 1 saturated carbocycles. The molecule has 2 amide bonds. The first-order chi connectivity index (χ1) is 11.5. The Morgan fingerprint density at radius 1 is 1.29 bits per heavy atom. The van der Waals surface area contributed by atoms with Gasteiger partial charge in [-0.25, -0.2) is 4.39 Å². The van der Waals surface area contributed by atoms with E-state index in [1.165, 1.54) is 12.1 Å². The fraction of sp³-hybridized carbons (Fsp3) is 0.389. The van der Waals surface area contributed by atoms with E-state index in [9.17, 15) is 14.0 Å². The standard InChI is InChI=1S/C18H20FN3O2/c1-11-15(8-12-6-7-13(19)9-16(12)21-11)18(24)22(10-17(20)23)14-4-2-3-5-14/h6-9,14H,2-5,10H2,1H3,(H2,20,23). The lowest BCUT2D eigenvalue weighted by Crippen LogP contribution is -2.44. The SMILES string of the molecule is Cc1nc2cc(F)ccc2cc1C(=O)N(CC(N)=O)C1CCCC1. The van der Waals surface area contributed by atoms with Gasteiger partial charge < -0.3 is 10.6 Å². The number of carbonyl (C=O) groups excluding carboxylic acids is 2. The zero-order valence-corrected chi connectivity index (χ0v) is 13.6. The first-order valence-corrected chi connectivity index (χ1v) is 8.12. The molecule has 5 nitrogen and oxygen atoms in total. The van der Waals surface area contributed by atoms with Crippen molar-refractivity contribution >= 4 is 22.7 Å². The molecule has 126 valence electrons. The maximum Gasteiger partial charge on any atom is 0.256 e. The molecule has 0 radical (unpaired) electrons. The molecule has 0 atom stereocenters. The smallest absolute Gasteiger partial charge is 0.256 e. The molecule has 1 aromatic carbocycles. The van der Waals surface area contributed by atoms with E-state index in [4.69, 9.17) is 5.73 Å². The number of rotatable bonds is 4. The topological polar surface area (TPSA) is 76.3 Å². The molecular weight excluding hydrogens is 309 g/mol. The minimum absolute atomic E-state index is 0.0355. The summed E-state index contributed by atoms with van der Waals surface area (Å²) in [7, 11) is 0. The summed E-state index contributed by atoms with van der Waals surface area (Å²) in [5, 5.41) is 0.691. The molecule has 0 spiro atoms. The molecule has 1 aromatic heterocycles. The van der Waals surface area contributed by atoms with Crippen molar-refractivity contribution in [2.45, 2.75) is 38.6 Å². The molecular formula is C18H20FN3O2. The number of hydrogen-bond donors (Lipinski definition) is 1. The second kappa shape index (κ2) is 6.55. The molecule has 3 rings (SSSR count). The van der Waals surface area contributed by atoms with Gasteiger partial charge in [0.1, 0.15) is 5.82 Å². The van der Waals surface area contributed by atoms with Gasteiger partial charge in [-0.15, -0.1) is 0 Å². The Bertz CT molecular complexity index is 800. The van der Waals surface area contributed by atoms with E-state index >= 15 is 0 Å². The third-order valence-electron chi connectivity index (χ3n) is 4.55. The van der Waals surface area contributed by atoms with Crippen LogP contribution in [0.25, 0.3) is 10.9 Å². The lowest BCUT2D eigenvalue weighted by Gasteiger charge is -2.28. The Hall–Kier alpha value is -2.50. The highest BCUT2D eigenvalue weighted by Crippen LogP contribution is 2.26. The highest BCUT2D eigenvalue weighted by atomic mass is 19.1. The van der Waals surface area contributed by atoms with Gasteiger partial charge in [0.05, 0.1) is 23.3 Å². The molecule has 1 heterocycles. The van der Waals surface area contributed by atoms with Crippen LogP contribution in [0.4, 0.5) is 4.39 Å². The summed E-state index contributed by atoms with van der Waals surface area (Å²) in [5.74, 6) is -1.13. The molecule has 6 heteroatoms.